The fourth-order valence-corrected chi connectivity index (χ4v) is 3.87. The van der Waals surface area contributed by atoms with Gasteiger partial charge in [0, 0.05) is 61.5 Å². The molecule has 4 heteroatoms. The van der Waals surface area contributed by atoms with Crippen molar-refractivity contribution in [2.45, 2.75) is 39.3 Å². The van der Waals surface area contributed by atoms with Crippen LogP contribution in [0.2, 0.25) is 0 Å². The van der Waals surface area contributed by atoms with Gasteiger partial charge in [-0.05, 0) is 35.7 Å². The SMILES string of the molecule is CCCC(=O)c1cccc2c3c(n(Cc4ccncc4)c12)CCNC3. The summed E-state index contributed by atoms with van der Waals surface area (Å²) in [6.07, 6.45) is 6.14. The van der Waals surface area contributed by atoms with Crippen LogP contribution in [0.25, 0.3) is 10.9 Å². The number of hydrogen-bond acceptors (Lipinski definition) is 3. The number of aromatic nitrogens is 2. The molecule has 0 spiro atoms. The molecule has 3 heterocycles. The van der Waals surface area contributed by atoms with E-state index in [4.69, 9.17) is 0 Å². The Morgan fingerprint density at radius 2 is 2.08 bits per heavy atom. The Morgan fingerprint density at radius 1 is 1.24 bits per heavy atom. The average Bonchev–Trinajstić information content (AvgIpc) is 2.97. The number of nitrogens with zero attached hydrogens (tertiary/aromatic N) is 2. The highest BCUT2D eigenvalue weighted by atomic mass is 16.1. The van der Waals surface area contributed by atoms with Gasteiger partial charge in [-0.15, -0.1) is 0 Å². The highest BCUT2D eigenvalue weighted by molar-refractivity contribution is 6.08. The molecule has 1 aliphatic rings. The van der Waals surface area contributed by atoms with Gasteiger partial charge >= 0.3 is 0 Å². The number of pyridine rings is 1. The zero-order chi connectivity index (χ0) is 17.2. The Bertz CT molecular complexity index is 912. The first-order valence-electron chi connectivity index (χ1n) is 9.05. The third kappa shape index (κ3) is 2.87. The number of Topliss-reactive ketones (excluding diaryl/α,β-unsaturated/α-hetero) is 1. The number of para-hydroxylation sites is 1. The van der Waals surface area contributed by atoms with Crippen LogP contribution in [0.3, 0.4) is 0 Å². The molecule has 0 bridgehead atoms. The molecule has 0 saturated heterocycles. The van der Waals surface area contributed by atoms with Crippen molar-refractivity contribution in [3.05, 3.63) is 65.1 Å². The zero-order valence-electron chi connectivity index (χ0n) is 14.6. The number of fused-ring (bicyclic) bond motifs is 3. The van der Waals surface area contributed by atoms with Crippen LogP contribution in [0.5, 0.6) is 0 Å². The maximum Gasteiger partial charge on any atom is 0.164 e. The quantitative estimate of drug-likeness (QED) is 0.724. The van der Waals surface area contributed by atoms with Gasteiger partial charge in [0.25, 0.3) is 0 Å². The van der Waals surface area contributed by atoms with Crippen molar-refractivity contribution in [2.24, 2.45) is 0 Å². The molecule has 4 rings (SSSR count). The Balaban J connectivity index is 1.93. The third-order valence-electron chi connectivity index (χ3n) is 5.01. The first-order valence-corrected chi connectivity index (χ1v) is 9.05. The number of rotatable bonds is 5. The van der Waals surface area contributed by atoms with Crippen LogP contribution in [-0.4, -0.2) is 21.9 Å². The monoisotopic (exact) mass is 333 g/mol. The average molecular weight is 333 g/mol. The fourth-order valence-electron chi connectivity index (χ4n) is 3.87. The summed E-state index contributed by atoms with van der Waals surface area (Å²) < 4.78 is 2.36. The van der Waals surface area contributed by atoms with Crippen LogP contribution in [0, 0.1) is 0 Å². The minimum absolute atomic E-state index is 0.242. The molecule has 1 N–H and O–H groups in total. The van der Waals surface area contributed by atoms with E-state index in [1.807, 2.05) is 24.5 Å². The normalized spacial score (nSPS) is 13.8. The van der Waals surface area contributed by atoms with E-state index in [0.717, 1.165) is 43.6 Å². The van der Waals surface area contributed by atoms with E-state index >= 15 is 0 Å². The summed E-state index contributed by atoms with van der Waals surface area (Å²) in [5, 5.41) is 4.70. The minimum Gasteiger partial charge on any atom is -0.339 e. The summed E-state index contributed by atoms with van der Waals surface area (Å²) in [4.78, 5) is 16.9. The number of carbonyl (C=O) groups excluding carboxylic acids is 1. The third-order valence-corrected chi connectivity index (χ3v) is 5.01. The van der Waals surface area contributed by atoms with Crippen LogP contribution in [0.4, 0.5) is 0 Å². The van der Waals surface area contributed by atoms with Crippen LogP contribution >= 0.6 is 0 Å². The van der Waals surface area contributed by atoms with E-state index in [1.54, 1.807) is 0 Å². The molecule has 4 nitrogen and oxygen atoms in total. The highest BCUT2D eigenvalue weighted by Gasteiger charge is 2.23. The summed E-state index contributed by atoms with van der Waals surface area (Å²) in [6, 6.07) is 10.3. The Labute approximate surface area is 147 Å². The van der Waals surface area contributed by atoms with Crippen LogP contribution in [0.15, 0.2) is 42.7 Å². The van der Waals surface area contributed by atoms with Crippen molar-refractivity contribution in [2.75, 3.05) is 6.54 Å². The zero-order valence-corrected chi connectivity index (χ0v) is 14.6. The summed E-state index contributed by atoms with van der Waals surface area (Å²) in [6.45, 7) is 4.70. The molecule has 1 aliphatic heterocycles. The van der Waals surface area contributed by atoms with Gasteiger partial charge in [0.1, 0.15) is 0 Å². The van der Waals surface area contributed by atoms with E-state index in [9.17, 15) is 4.79 Å². The number of ketones is 1. The topological polar surface area (TPSA) is 46.9 Å². The van der Waals surface area contributed by atoms with Crippen molar-refractivity contribution in [3.8, 4) is 0 Å². The predicted octanol–water partition coefficient (Wildman–Crippen LogP) is 3.71. The number of carbonyl (C=O) groups is 1. The van der Waals surface area contributed by atoms with E-state index in [1.165, 1.54) is 22.2 Å². The lowest BCUT2D eigenvalue weighted by atomic mass is 10.0. The van der Waals surface area contributed by atoms with Gasteiger partial charge in [0.05, 0.1) is 5.52 Å². The molecule has 3 aromatic rings. The predicted molar refractivity (Wildman–Crippen MR) is 99.9 cm³/mol. The van der Waals surface area contributed by atoms with Crippen molar-refractivity contribution in [1.29, 1.82) is 0 Å². The molecule has 0 fully saturated rings. The molecule has 0 atom stereocenters. The molecule has 2 aromatic heterocycles. The maximum atomic E-state index is 12.7. The Hall–Kier alpha value is -2.46. The minimum atomic E-state index is 0.242. The van der Waals surface area contributed by atoms with Gasteiger partial charge in [0.15, 0.2) is 5.78 Å². The highest BCUT2D eigenvalue weighted by Crippen LogP contribution is 2.32. The van der Waals surface area contributed by atoms with Crippen molar-refractivity contribution >= 4 is 16.7 Å². The fraction of sp³-hybridized carbons (Fsp3) is 0.333. The van der Waals surface area contributed by atoms with Gasteiger partial charge in [0.2, 0.25) is 0 Å². The second-order valence-corrected chi connectivity index (χ2v) is 6.67. The summed E-state index contributed by atoms with van der Waals surface area (Å²) in [5.41, 5.74) is 5.89. The smallest absolute Gasteiger partial charge is 0.164 e. The maximum absolute atomic E-state index is 12.7. The molecule has 0 unspecified atom stereocenters. The van der Waals surface area contributed by atoms with Gasteiger partial charge < -0.3 is 9.88 Å². The van der Waals surface area contributed by atoms with E-state index < -0.39 is 0 Å². The molecule has 0 aliphatic carbocycles. The lowest BCUT2D eigenvalue weighted by Gasteiger charge is -2.17. The van der Waals surface area contributed by atoms with Crippen LogP contribution < -0.4 is 5.32 Å². The van der Waals surface area contributed by atoms with E-state index in [0.29, 0.717) is 6.42 Å². The van der Waals surface area contributed by atoms with Crippen LogP contribution in [-0.2, 0) is 19.5 Å². The first-order chi connectivity index (χ1) is 12.3. The van der Waals surface area contributed by atoms with Gasteiger partial charge in [-0.1, -0.05) is 19.1 Å². The molecule has 25 heavy (non-hydrogen) atoms. The largest absolute Gasteiger partial charge is 0.339 e. The lowest BCUT2D eigenvalue weighted by molar-refractivity contribution is 0.0983. The van der Waals surface area contributed by atoms with Gasteiger partial charge in [-0.3, -0.25) is 9.78 Å². The van der Waals surface area contributed by atoms with Crippen molar-refractivity contribution in [3.63, 3.8) is 0 Å². The van der Waals surface area contributed by atoms with Gasteiger partial charge in [-0.2, -0.15) is 0 Å². The van der Waals surface area contributed by atoms with E-state index in [-0.39, 0.29) is 5.78 Å². The summed E-state index contributed by atoms with van der Waals surface area (Å²) in [5.74, 6) is 0.242. The second kappa shape index (κ2) is 6.81. The molecule has 128 valence electrons. The summed E-state index contributed by atoms with van der Waals surface area (Å²) in [7, 11) is 0. The number of nitrogens with one attached hydrogen (secondary N) is 1. The van der Waals surface area contributed by atoms with Crippen molar-refractivity contribution < 1.29 is 4.79 Å². The summed E-state index contributed by atoms with van der Waals surface area (Å²) >= 11 is 0. The van der Waals surface area contributed by atoms with E-state index in [2.05, 4.69) is 40.0 Å². The molecule has 0 amide bonds. The first kappa shape index (κ1) is 16.0. The Morgan fingerprint density at radius 3 is 2.88 bits per heavy atom. The number of hydrogen-bond donors (Lipinski definition) is 1. The Kier molecular flexibility index (Phi) is 4.36. The second-order valence-electron chi connectivity index (χ2n) is 6.67. The lowest BCUT2D eigenvalue weighted by Crippen LogP contribution is -2.24. The van der Waals surface area contributed by atoms with Crippen molar-refractivity contribution in [1.82, 2.24) is 14.9 Å². The molecular formula is C21H23N3O. The van der Waals surface area contributed by atoms with Crippen LogP contribution in [0.1, 0.15) is 46.9 Å². The molecule has 1 aromatic carbocycles. The standard InChI is InChI=1S/C21H23N3O/c1-2-4-20(25)17-6-3-5-16-18-13-23-12-9-19(18)24(21(16)17)14-15-7-10-22-11-8-15/h3,5-8,10-11,23H,2,4,9,12-14H2,1H3. The molecule has 0 radical (unpaired) electrons. The molecular weight excluding hydrogens is 310 g/mol. The molecule has 0 saturated carbocycles. The number of benzene rings is 1. The van der Waals surface area contributed by atoms with Gasteiger partial charge in [-0.25, -0.2) is 0 Å².